The number of thiazole rings is 1. The number of rotatable bonds is 5. The molecule has 0 saturated carbocycles. The van der Waals surface area contributed by atoms with Crippen LogP contribution in [0, 0.1) is 0 Å². The number of thioether (sulfide) groups is 1. The molecular formula is C9H13N5O2S3. The Bertz CT molecular complexity index is 579. The van der Waals surface area contributed by atoms with E-state index in [1.54, 1.807) is 30.1 Å². The van der Waals surface area contributed by atoms with E-state index in [0.29, 0.717) is 6.54 Å². The Balaban J connectivity index is 1.73. The molecule has 0 aromatic carbocycles. The van der Waals surface area contributed by atoms with E-state index in [0.717, 1.165) is 17.2 Å². The van der Waals surface area contributed by atoms with E-state index >= 15 is 0 Å². The van der Waals surface area contributed by atoms with E-state index < -0.39 is 10.2 Å². The molecule has 0 bridgehead atoms. The van der Waals surface area contributed by atoms with Crippen molar-refractivity contribution < 1.29 is 8.42 Å². The minimum Gasteiger partial charge on any atom is -0.369 e. The minimum atomic E-state index is -3.70. The van der Waals surface area contributed by atoms with E-state index in [1.165, 1.54) is 0 Å². The van der Waals surface area contributed by atoms with Gasteiger partial charge in [-0.3, -0.25) is 0 Å². The van der Waals surface area contributed by atoms with Gasteiger partial charge in [-0.15, -0.1) is 20.1 Å². The first-order valence-electron chi connectivity index (χ1n) is 5.42. The number of amidine groups is 2. The molecule has 0 radical (unpaired) electrons. The molecule has 2 N–H and O–H groups in total. The molecule has 0 unspecified atom stereocenters. The second kappa shape index (κ2) is 6.35. The molecule has 1 aliphatic rings. The Hall–Kier alpha value is -1.13. The summed E-state index contributed by atoms with van der Waals surface area (Å²) in [6.45, 7) is 0.615. The number of aromatic nitrogens is 1. The molecule has 0 amide bonds. The normalized spacial score (nSPS) is 16.9. The molecule has 0 atom stereocenters. The van der Waals surface area contributed by atoms with Crippen LogP contribution in [0.15, 0.2) is 19.7 Å². The van der Waals surface area contributed by atoms with Crippen molar-refractivity contribution in [1.82, 2.24) is 15.6 Å². The summed E-state index contributed by atoms with van der Waals surface area (Å²) >= 11 is 3.30. The van der Waals surface area contributed by atoms with Gasteiger partial charge in [0.2, 0.25) is 0 Å². The number of likely N-dealkylation sites (N-methyl/N-ethyl adjacent to an activating group) is 1. The van der Waals surface area contributed by atoms with Crippen LogP contribution in [-0.2, 0) is 16.0 Å². The zero-order valence-electron chi connectivity index (χ0n) is 10.2. The Kier molecular flexibility index (Phi) is 4.77. The van der Waals surface area contributed by atoms with E-state index in [4.69, 9.17) is 0 Å². The molecule has 1 aromatic heterocycles. The summed E-state index contributed by atoms with van der Waals surface area (Å²) in [7, 11) is -2.09. The van der Waals surface area contributed by atoms with Crippen molar-refractivity contribution >= 4 is 45.0 Å². The van der Waals surface area contributed by atoms with Crippen molar-refractivity contribution in [2.24, 2.45) is 8.80 Å². The largest absolute Gasteiger partial charge is 0.369 e. The Morgan fingerprint density at radius 2 is 2.16 bits per heavy atom. The molecular weight excluding hydrogens is 306 g/mol. The quantitative estimate of drug-likeness (QED) is 0.755. The predicted molar refractivity (Wildman–Crippen MR) is 79.1 cm³/mol. The van der Waals surface area contributed by atoms with Gasteiger partial charge >= 0.3 is 10.2 Å². The summed E-state index contributed by atoms with van der Waals surface area (Å²) in [6, 6.07) is 0. The molecule has 2 rings (SSSR count). The predicted octanol–water partition coefficient (Wildman–Crippen LogP) is 0.241. The SMILES string of the molecule is CNC1=NS(=O)(=O)N=C1NCCSCc1cscn1. The summed E-state index contributed by atoms with van der Waals surface area (Å²) in [5.41, 5.74) is 2.87. The smallest absolute Gasteiger partial charge is 0.367 e. The van der Waals surface area contributed by atoms with Crippen LogP contribution in [-0.4, -0.2) is 44.4 Å². The molecule has 0 saturated heterocycles. The van der Waals surface area contributed by atoms with Gasteiger partial charge < -0.3 is 10.6 Å². The van der Waals surface area contributed by atoms with Crippen LogP contribution < -0.4 is 10.6 Å². The molecule has 1 aromatic rings. The fourth-order valence-corrected chi connectivity index (χ4v) is 3.60. The maximum absolute atomic E-state index is 11.2. The van der Waals surface area contributed by atoms with Crippen LogP contribution >= 0.6 is 23.1 Å². The Labute approximate surface area is 119 Å². The van der Waals surface area contributed by atoms with Gasteiger partial charge in [0, 0.05) is 30.5 Å². The summed E-state index contributed by atoms with van der Waals surface area (Å²) < 4.78 is 29.3. The number of hydrogen-bond acceptors (Lipinski definition) is 7. The van der Waals surface area contributed by atoms with Crippen LogP contribution in [0.1, 0.15) is 5.69 Å². The maximum Gasteiger partial charge on any atom is 0.367 e. The first kappa shape index (κ1) is 14.3. The molecule has 104 valence electrons. The van der Waals surface area contributed by atoms with Crippen molar-refractivity contribution in [3.8, 4) is 0 Å². The third-order valence-electron chi connectivity index (χ3n) is 2.15. The van der Waals surface area contributed by atoms with Crippen molar-refractivity contribution in [1.29, 1.82) is 0 Å². The average molecular weight is 319 g/mol. The van der Waals surface area contributed by atoms with Gasteiger partial charge in [0.05, 0.1) is 11.2 Å². The lowest BCUT2D eigenvalue weighted by atomic mass is 10.5. The topological polar surface area (TPSA) is 95.8 Å². The van der Waals surface area contributed by atoms with Crippen molar-refractivity contribution in [2.75, 3.05) is 19.3 Å². The molecule has 19 heavy (non-hydrogen) atoms. The number of nitrogens with zero attached hydrogens (tertiary/aromatic N) is 3. The molecule has 2 heterocycles. The summed E-state index contributed by atoms with van der Waals surface area (Å²) in [5, 5.41) is 7.67. The Morgan fingerprint density at radius 1 is 1.37 bits per heavy atom. The third-order valence-corrected chi connectivity index (χ3v) is 4.60. The summed E-state index contributed by atoms with van der Waals surface area (Å²) in [6.07, 6.45) is 0. The standard InChI is InChI=1S/C9H13N5O2S3/c1-10-8-9(14-19(15,16)13-8)11-2-3-17-4-7-5-18-6-12-7/h5-6H,2-4H2,1H3,(H,10,13)(H,11,14). The van der Waals surface area contributed by atoms with Gasteiger partial charge in [0.15, 0.2) is 11.7 Å². The summed E-state index contributed by atoms with van der Waals surface area (Å²) in [4.78, 5) is 4.18. The van der Waals surface area contributed by atoms with Crippen molar-refractivity contribution in [3.05, 3.63) is 16.6 Å². The van der Waals surface area contributed by atoms with E-state index in [9.17, 15) is 8.42 Å². The first-order valence-corrected chi connectivity index (χ1v) is 8.92. The van der Waals surface area contributed by atoms with Gasteiger partial charge in [-0.1, -0.05) is 0 Å². The summed E-state index contributed by atoms with van der Waals surface area (Å²) in [5.74, 6) is 2.21. The van der Waals surface area contributed by atoms with Gasteiger partial charge in [-0.2, -0.15) is 20.2 Å². The van der Waals surface area contributed by atoms with Gasteiger partial charge in [-0.05, 0) is 0 Å². The number of nitrogens with one attached hydrogen (secondary N) is 2. The second-order valence-electron chi connectivity index (χ2n) is 3.54. The monoisotopic (exact) mass is 319 g/mol. The fraction of sp³-hybridized carbons (Fsp3) is 0.444. The van der Waals surface area contributed by atoms with Crippen LogP contribution in [0.2, 0.25) is 0 Å². The Morgan fingerprint density at radius 3 is 2.84 bits per heavy atom. The van der Waals surface area contributed by atoms with Crippen molar-refractivity contribution in [2.45, 2.75) is 5.75 Å². The molecule has 0 spiro atoms. The highest BCUT2D eigenvalue weighted by Gasteiger charge is 2.22. The molecule has 1 aliphatic heterocycles. The lowest BCUT2D eigenvalue weighted by Crippen LogP contribution is -2.37. The van der Waals surface area contributed by atoms with Crippen LogP contribution in [0.3, 0.4) is 0 Å². The zero-order chi connectivity index (χ0) is 13.7. The van der Waals surface area contributed by atoms with Gasteiger partial charge in [0.1, 0.15) is 0 Å². The molecule has 10 heteroatoms. The zero-order valence-corrected chi connectivity index (χ0v) is 12.6. The molecule has 0 fully saturated rings. The van der Waals surface area contributed by atoms with E-state index in [2.05, 4.69) is 24.4 Å². The van der Waals surface area contributed by atoms with Crippen molar-refractivity contribution in [3.63, 3.8) is 0 Å². The fourth-order valence-electron chi connectivity index (χ4n) is 1.34. The molecule has 0 aliphatic carbocycles. The highest BCUT2D eigenvalue weighted by molar-refractivity contribution is 7.98. The highest BCUT2D eigenvalue weighted by Crippen LogP contribution is 2.11. The third kappa shape index (κ3) is 4.18. The van der Waals surface area contributed by atoms with Crippen LogP contribution in [0.4, 0.5) is 0 Å². The number of hydrogen-bond donors (Lipinski definition) is 2. The lowest BCUT2D eigenvalue weighted by molar-refractivity contribution is 0.600. The van der Waals surface area contributed by atoms with Gasteiger partial charge in [0.25, 0.3) is 0 Å². The molecule has 7 nitrogen and oxygen atoms in total. The minimum absolute atomic E-state index is 0.254. The van der Waals surface area contributed by atoms with Crippen LogP contribution in [0.25, 0.3) is 0 Å². The lowest BCUT2D eigenvalue weighted by Gasteiger charge is -2.06. The first-order chi connectivity index (χ1) is 9.11. The average Bonchev–Trinajstić information content (AvgIpc) is 2.96. The maximum atomic E-state index is 11.2. The highest BCUT2D eigenvalue weighted by atomic mass is 32.2. The van der Waals surface area contributed by atoms with E-state index in [-0.39, 0.29) is 11.7 Å². The van der Waals surface area contributed by atoms with E-state index in [1.807, 2.05) is 10.9 Å². The van der Waals surface area contributed by atoms with Gasteiger partial charge in [-0.25, -0.2) is 4.98 Å². The van der Waals surface area contributed by atoms with Crippen LogP contribution in [0.5, 0.6) is 0 Å². The second-order valence-corrected chi connectivity index (χ2v) is 6.62.